The average molecular weight is 389 g/mol. The zero-order valence-corrected chi connectivity index (χ0v) is 15.5. The summed E-state index contributed by atoms with van der Waals surface area (Å²) in [5.74, 6) is 0.0549. The van der Waals surface area contributed by atoms with Crippen LogP contribution in [0.3, 0.4) is 0 Å². The summed E-state index contributed by atoms with van der Waals surface area (Å²) in [5.41, 5.74) is 2.01. The van der Waals surface area contributed by atoms with Crippen molar-refractivity contribution in [2.24, 2.45) is 12.0 Å². The molecule has 8 heteroatoms. The highest BCUT2D eigenvalue weighted by molar-refractivity contribution is 6.07. The number of pyridine rings is 1. The van der Waals surface area contributed by atoms with Crippen molar-refractivity contribution in [1.82, 2.24) is 19.3 Å². The minimum absolute atomic E-state index is 0.164. The van der Waals surface area contributed by atoms with Crippen molar-refractivity contribution >= 4 is 27.5 Å². The van der Waals surface area contributed by atoms with Gasteiger partial charge in [-0.15, -0.1) is 0 Å². The van der Waals surface area contributed by atoms with E-state index in [1.807, 2.05) is 29.8 Å². The molecule has 144 valence electrons. The molecule has 0 atom stereocenters. The second kappa shape index (κ2) is 6.66. The lowest BCUT2D eigenvalue weighted by atomic mass is 10.2. The van der Waals surface area contributed by atoms with Crippen molar-refractivity contribution < 1.29 is 9.13 Å². The van der Waals surface area contributed by atoms with Gasteiger partial charge in [0.15, 0.2) is 0 Å². The highest BCUT2D eigenvalue weighted by Gasteiger charge is 2.16. The standard InChI is InChI=1S/C21H16FN5O2/c1-26-17-10-14(29-19-6-2-5-18(22)25-19)7-8-15(17)16-11-24-27(21(28)20(16)26)12-13-4-3-9-23-13/h2-8,10-11H,9,12H2,1H3. The van der Waals surface area contributed by atoms with Crippen molar-refractivity contribution in [1.29, 1.82) is 0 Å². The van der Waals surface area contributed by atoms with Gasteiger partial charge in [0.05, 0.1) is 30.5 Å². The minimum Gasteiger partial charge on any atom is -0.439 e. The van der Waals surface area contributed by atoms with Crippen LogP contribution < -0.4 is 10.3 Å². The molecule has 4 heterocycles. The molecule has 4 aromatic rings. The Bertz CT molecular complexity index is 1380. The molecule has 7 nitrogen and oxygen atoms in total. The average Bonchev–Trinajstić information content (AvgIpc) is 3.31. The molecule has 1 aromatic carbocycles. The normalized spacial score (nSPS) is 13.4. The van der Waals surface area contributed by atoms with E-state index in [9.17, 15) is 9.18 Å². The lowest BCUT2D eigenvalue weighted by Gasteiger charge is -2.05. The van der Waals surface area contributed by atoms with Crippen LogP contribution in [-0.4, -0.2) is 31.6 Å². The molecule has 0 saturated heterocycles. The summed E-state index contributed by atoms with van der Waals surface area (Å²) >= 11 is 0. The van der Waals surface area contributed by atoms with Crippen LogP contribution in [0.15, 0.2) is 64.5 Å². The molecule has 0 N–H and O–H groups in total. The fourth-order valence-electron chi connectivity index (χ4n) is 3.55. The number of aliphatic imine (C=N–C) groups is 1. The number of hydrogen-bond acceptors (Lipinski definition) is 5. The van der Waals surface area contributed by atoms with Crippen molar-refractivity contribution in [2.45, 2.75) is 6.54 Å². The van der Waals surface area contributed by atoms with Crippen LogP contribution in [-0.2, 0) is 13.6 Å². The number of fused-ring (bicyclic) bond motifs is 3. The van der Waals surface area contributed by atoms with Gasteiger partial charge in [0, 0.05) is 30.0 Å². The highest BCUT2D eigenvalue weighted by atomic mass is 19.1. The van der Waals surface area contributed by atoms with Gasteiger partial charge in [-0.3, -0.25) is 9.79 Å². The van der Waals surface area contributed by atoms with E-state index in [0.29, 0.717) is 24.4 Å². The van der Waals surface area contributed by atoms with E-state index in [-0.39, 0.29) is 11.4 Å². The molecule has 5 rings (SSSR count). The molecule has 0 amide bonds. The number of hydrogen-bond donors (Lipinski definition) is 0. The molecule has 1 aliphatic rings. The molecule has 29 heavy (non-hydrogen) atoms. The van der Waals surface area contributed by atoms with Crippen LogP contribution in [0.1, 0.15) is 0 Å². The summed E-state index contributed by atoms with van der Waals surface area (Å²) < 4.78 is 22.2. The third-order valence-corrected chi connectivity index (χ3v) is 4.91. The summed E-state index contributed by atoms with van der Waals surface area (Å²) in [6, 6.07) is 9.79. The Balaban J connectivity index is 1.60. The molecule has 0 unspecified atom stereocenters. The summed E-state index contributed by atoms with van der Waals surface area (Å²) in [4.78, 5) is 21.1. The van der Waals surface area contributed by atoms with Gasteiger partial charge in [-0.25, -0.2) is 4.68 Å². The van der Waals surface area contributed by atoms with E-state index in [0.717, 1.165) is 22.0 Å². The predicted molar refractivity (Wildman–Crippen MR) is 108 cm³/mol. The minimum atomic E-state index is -0.610. The van der Waals surface area contributed by atoms with E-state index >= 15 is 0 Å². The Morgan fingerprint density at radius 2 is 2.10 bits per heavy atom. The summed E-state index contributed by atoms with van der Waals surface area (Å²) in [6.07, 6.45) is 5.56. The van der Waals surface area contributed by atoms with Crippen molar-refractivity contribution in [3.05, 3.63) is 71.0 Å². The van der Waals surface area contributed by atoms with Gasteiger partial charge in [0.1, 0.15) is 11.3 Å². The largest absolute Gasteiger partial charge is 0.439 e. The third kappa shape index (κ3) is 2.98. The fraction of sp³-hybridized carbons (Fsp3) is 0.143. The van der Waals surface area contributed by atoms with Gasteiger partial charge >= 0.3 is 0 Å². The number of rotatable bonds is 4. The van der Waals surface area contributed by atoms with Gasteiger partial charge in [0.25, 0.3) is 5.56 Å². The number of aryl methyl sites for hydroxylation is 1. The SMILES string of the molecule is Cn1c2cc(Oc3cccc(F)n3)ccc2c2cnn(CC3=NCC=C3)c(=O)c21. The Hall–Kier alpha value is -3.81. The molecule has 0 spiro atoms. The monoisotopic (exact) mass is 389 g/mol. The third-order valence-electron chi connectivity index (χ3n) is 4.91. The number of halogens is 1. The maximum atomic E-state index is 13.3. The quantitative estimate of drug-likeness (QED) is 0.502. The van der Waals surface area contributed by atoms with E-state index in [2.05, 4.69) is 15.1 Å². The zero-order chi connectivity index (χ0) is 20.0. The molecule has 0 fully saturated rings. The number of benzene rings is 1. The van der Waals surface area contributed by atoms with Crippen LogP contribution in [0.2, 0.25) is 0 Å². The zero-order valence-electron chi connectivity index (χ0n) is 15.5. The molecule has 0 aliphatic carbocycles. The van der Waals surface area contributed by atoms with Crippen molar-refractivity contribution in [3.63, 3.8) is 0 Å². The first kappa shape index (κ1) is 17.3. The second-order valence-corrected chi connectivity index (χ2v) is 6.74. The molecular weight excluding hydrogens is 373 g/mol. The van der Waals surface area contributed by atoms with Crippen LogP contribution in [0, 0.1) is 5.95 Å². The van der Waals surface area contributed by atoms with Gasteiger partial charge < -0.3 is 9.30 Å². The maximum Gasteiger partial charge on any atom is 0.291 e. The van der Waals surface area contributed by atoms with Gasteiger partial charge in [-0.2, -0.15) is 14.5 Å². The summed E-state index contributed by atoms with van der Waals surface area (Å²) in [5, 5.41) is 5.98. The Labute approximate surface area is 164 Å². The summed E-state index contributed by atoms with van der Waals surface area (Å²) in [6.45, 7) is 0.982. The lowest BCUT2D eigenvalue weighted by Crippen LogP contribution is -2.26. The van der Waals surface area contributed by atoms with E-state index in [4.69, 9.17) is 4.74 Å². The van der Waals surface area contributed by atoms with E-state index in [1.54, 1.807) is 24.4 Å². The van der Waals surface area contributed by atoms with Gasteiger partial charge in [-0.05, 0) is 24.3 Å². The number of aromatic nitrogens is 4. The van der Waals surface area contributed by atoms with Crippen LogP contribution in [0.5, 0.6) is 11.6 Å². The Morgan fingerprint density at radius 1 is 1.21 bits per heavy atom. The van der Waals surface area contributed by atoms with Crippen molar-refractivity contribution in [2.75, 3.05) is 6.54 Å². The predicted octanol–water partition coefficient (Wildman–Crippen LogP) is 3.23. The number of allylic oxidation sites excluding steroid dienone is 1. The van der Waals surface area contributed by atoms with Crippen molar-refractivity contribution in [3.8, 4) is 11.6 Å². The van der Waals surface area contributed by atoms with E-state index in [1.165, 1.54) is 16.8 Å². The van der Waals surface area contributed by atoms with E-state index < -0.39 is 5.95 Å². The highest BCUT2D eigenvalue weighted by Crippen LogP contribution is 2.30. The topological polar surface area (TPSA) is 74.3 Å². The molecule has 1 aliphatic heterocycles. The molecule has 0 bridgehead atoms. The smallest absolute Gasteiger partial charge is 0.291 e. The maximum absolute atomic E-state index is 13.3. The van der Waals surface area contributed by atoms with Crippen LogP contribution in [0.4, 0.5) is 4.39 Å². The first-order valence-electron chi connectivity index (χ1n) is 9.09. The van der Waals surface area contributed by atoms with Gasteiger partial charge in [0.2, 0.25) is 11.8 Å². The van der Waals surface area contributed by atoms with Gasteiger partial charge in [-0.1, -0.05) is 12.1 Å². The molecule has 0 saturated carbocycles. The Morgan fingerprint density at radius 3 is 2.90 bits per heavy atom. The first-order valence-corrected chi connectivity index (χ1v) is 9.09. The van der Waals surface area contributed by atoms with Crippen LogP contribution >= 0.6 is 0 Å². The molecule has 3 aromatic heterocycles. The first-order chi connectivity index (χ1) is 14.1. The van der Waals surface area contributed by atoms with Crippen LogP contribution in [0.25, 0.3) is 21.8 Å². The summed E-state index contributed by atoms with van der Waals surface area (Å²) in [7, 11) is 1.83. The second-order valence-electron chi connectivity index (χ2n) is 6.74. The number of ether oxygens (including phenoxy) is 1. The lowest BCUT2D eigenvalue weighted by molar-refractivity contribution is 0.446. The molecular formula is C21H16FN5O2. The Kier molecular flexibility index (Phi) is 3.97. The molecule has 0 radical (unpaired) electrons. The number of nitrogens with zero attached hydrogens (tertiary/aromatic N) is 5. The fourth-order valence-corrected chi connectivity index (χ4v) is 3.55.